The predicted octanol–water partition coefficient (Wildman–Crippen LogP) is 7.03. The van der Waals surface area contributed by atoms with Gasteiger partial charge in [0.05, 0.1) is 17.4 Å². The number of hydrogen-bond donors (Lipinski definition) is 3. The molecule has 4 heterocycles. The molecule has 8 rings (SSSR count). The molecule has 5 aromatic rings. The van der Waals surface area contributed by atoms with Crippen molar-refractivity contribution in [2.45, 2.75) is 77.0 Å². The maximum absolute atomic E-state index is 15.8. The zero-order chi connectivity index (χ0) is 38.2. The molecular weight excluding hydrogens is 696 g/mol. The first-order valence-electron chi connectivity index (χ1n) is 19.2. The Balaban J connectivity index is 0.983. The SMILES string of the molecule is Cc1ccc(-c2cn(CC3CCC3)cc(C(=O)Nc3ccc(-c4cc(-c5ccc(C[C@@H]6CCC(=O)N6CC6CC(O)C6)cc5)cnc4N)c(F)c3)c2=O)nc1. The molecule has 0 spiro atoms. The summed E-state index contributed by atoms with van der Waals surface area (Å²) in [4.78, 5) is 50.7. The maximum Gasteiger partial charge on any atom is 0.261 e. The molecule has 11 heteroatoms. The first kappa shape index (κ1) is 36.3. The van der Waals surface area contributed by atoms with Crippen LogP contribution in [0.25, 0.3) is 33.5 Å². The van der Waals surface area contributed by atoms with Gasteiger partial charge in [-0.15, -0.1) is 0 Å². The Labute approximate surface area is 319 Å². The fourth-order valence-corrected chi connectivity index (χ4v) is 8.03. The highest BCUT2D eigenvalue weighted by Gasteiger charge is 2.36. The van der Waals surface area contributed by atoms with Crippen molar-refractivity contribution in [2.75, 3.05) is 17.6 Å². The van der Waals surface area contributed by atoms with Crippen molar-refractivity contribution in [1.82, 2.24) is 19.4 Å². The molecule has 1 atom stereocenters. The number of pyridine rings is 3. The summed E-state index contributed by atoms with van der Waals surface area (Å²) in [6.45, 7) is 3.32. The van der Waals surface area contributed by atoms with Crippen molar-refractivity contribution in [3.63, 3.8) is 0 Å². The lowest BCUT2D eigenvalue weighted by Gasteiger charge is -2.36. The van der Waals surface area contributed by atoms with Crippen LogP contribution in [-0.4, -0.2) is 55.0 Å². The zero-order valence-corrected chi connectivity index (χ0v) is 30.9. The highest BCUT2D eigenvalue weighted by Crippen LogP contribution is 2.35. The molecule has 2 aliphatic carbocycles. The number of nitrogen functional groups attached to an aromatic ring is 1. The number of rotatable bonds is 11. The quantitative estimate of drug-likeness (QED) is 0.132. The van der Waals surface area contributed by atoms with E-state index < -0.39 is 17.2 Å². The van der Waals surface area contributed by atoms with Crippen molar-refractivity contribution in [3.05, 3.63) is 118 Å². The first-order valence-corrected chi connectivity index (χ1v) is 19.2. The van der Waals surface area contributed by atoms with Gasteiger partial charge in [0, 0.05) is 72.7 Å². The lowest BCUT2D eigenvalue weighted by molar-refractivity contribution is -0.130. The molecule has 1 aliphatic heterocycles. The smallest absolute Gasteiger partial charge is 0.261 e. The van der Waals surface area contributed by atoms with E-state index in [1.54, 1.807) is 49.1 Å². The Bertz CT molecular complexity index is 2300. The van der Waals surface area contributed by atoms with Crippen LogP contribution in [0.1, 0.15) is 66.4 Å². The Morgan fingerprint density at radius 1 is 0.891 bits per heavy atom. The van der Waals surface area contributed by atoms with E-state index >= 15 is 4.39 Å². The summed E-state index contributed by atoms with van der Waals surface area (Å²) in [5.74, 6) is -0.0268. The van der Waals surface area contributed by atoms with Gasteiger partial charge < -0.3 is 25.6 Å². The third-order valence-corrected chi connectivity index (χ3v) is 11.5. The Kier molecular flexibility index (Phi) is 10.0. The zero-order valence-electron chi connectivity index (χ0n) is 30.9. The summed E-state index contributed by atoms with van der Waals surface area (Å²) in [7, 11) is 0. The Morgan fingerprint density at radius 2 is 1.69 bits per heavy atom. The molecule has 0 radical (unpaired) electrons. The van der Waals surface area contributed by atoms with Crippen LogP contribution in [-0.2, 0) is 17.8 Å². The van der Waals surface area contributed by atoms with Crippen LogP contribution in [0.4, 0.5) is 15.9 Å². The third kappa shape index (κ3) is 7.80. The van der Waals surface area contributed by atoms with Crippen LogP contribution in [0.5, 0.6) is 0 Å². The van der Waals surface area contributed by atoms with Crippen LogP contribution < -0.4 is 16.5 Å². The number of aryl methyl sites for hydroxylation is 1. The minimum Gasteiger partial charge on any atom is -0.393 e. The van der Waals surface area contributed by atoms with Gasteiger partial charge in [-0.2, -0.15) is 0 Å². The van der Waals surface area contributed by atoms with Gasteiger partial charge in [0.1, 0.15) is 17.2 Å². The van der Waals surface area contributed by atoms with Crippen molar-refractivity contribution in [1.29, 1.82) is 0 Å². The van der Waals surface area contributed by atoms with Gasteiger partial charge in [0.25, 0.3) is 5.91 Å². The number of amides is 2. The molecule has 3 aliphatic rings. The van der Waals surface area contributed by atoms with Gasteiger partial charge in [-0.05, 0) is 104 Å². The summed E-state index contributed by atoms with van der Waals surface area (Å²) in [6.07, 6.45) is 13.5. The van der Waals surface area contributed by atoms with Crippen LogP contribution in [0.3, 0.4) is 0 Å². The largest absolute Gasteiger partial charge is 0.393 e. The molecule has 55 heavy (non-hydrogen) atoms. The molecular formula is C44H45FN6O4. The van der Waals surface area contributed by atoms with Gasteiger partial charge in [0.15, 0.2) is 0 Å². The molecule has 3 aromatic heterocycles. The van der Waals surface area contributed by atoms with E-state index in [-0.39, 0.29) is 40.7 Å². The summed E-state index contributed by atoms with van der Waals surface area (Å²) < 4.78 is 17.7. The van der Waals surface area contributed by atoms with E-state index in [9.17, 15) is 19.5 Å². The van der Waals surface area contributed by atoms with Crippen molar-refractivity contribution >= 4 is 23.3 Å². The van der Waals surface area contributed by atoms with Gasteiger partial charge in [-0.3, -0.25) is 19.4 Å². The van der Waals surface area contributed by atoms with Crippen LogP contribution >= 0.6 is 0 Å². The van der Waals surface area contributed by atoms with E-state index in [2.05, 4.69) is 15.3 Å². The number of carbonyl (C=O) groups is 2. The van der Waals surface area contributed by atoms with E-state index in [0.717, 1.165) is 60.8 Å². The van der Waals surface area contributed by atoms with Crippen molar-refractivity contribution in [3.8, 4) is 33.5 Å². The number of likely N-dealkylation sites (tertiary alicyclic amines) is 1. The molecule has 2 saturated carbocycles. The van der Waals surface area contributed by atoms with Crippen LogP contribution in [0, 0.1) is 24.6 Å². The second-order valence-electron chi connectivity index (χ2n) is 15.6. The van der Waals surface area contributed by atoms with E-state index in [1.807, 2.05) is 46.7 Å². The number of halogens is 1. The molecule has 2 amide bonds. The molecule has 282 valence electrons. The maximum atomic E-state index is 15.8. The number of hydrogen-bond acceptors (Lipinski definition) is 7. The Morgan fingerprint density at radius 3 is 2.38 bits per heavy atom. The highest BCUT2D eigenvalue weighted by molar-refractivity contribution is 6.04. The second kappa shape index (κ2) is 15.2. The molecule has 0 bridgehead atoms. The average Bonchev–Trinajstić information content (AvgIpc) is 3.48. The van der Waals surface area contributed by atoms with Crippen LogP contribution in [0.15, 0.2) is 90.2 Å². The van der Waals surface area contributed by atoms with Crippen LogP contribution in [0.2, 0.25) is 0 Å². The summed E-state index contributed by atoms with van der Waals surface area (Å²) in [6, 6.07) is 18.0. The number of nitrogens with one attached hydrogen (secondary N) is 1. The fraction of sp³-hybridized carbons (Fsp3) is 0.341. The third-order valence-electron chi connectivity index (χ3n) is 11.5. The summed E-state index contributed by atoms with van der Waals surface area (Å²) in [5, 5.41) is 12.4. The monoisotopic (exact) mass is 740 g/mol. The standard InChI is InChI=1S/C44H45FN6O4/c1-26-5-13-40(47-20-26)37-24-50(22-28-3-2-4-28)25-38(42(37)54)44(55)49-32-10-12-35(39(45)19-32)36-18-31(21-48-43(36)46)30-8-6-27(7-9-30)15-33-11-14-41(53)51(33)23-29-16-34(52)17-29/h5-10,12-13,18-21,24-25,28-29,33-34,52H,2-4,11,14-17,22-23H2,1H3,(H2,46,48)(H,49,55)/t29?,33-,34?/m0/s1. The molecule has 10 nitrogen and oxygen atoms in total. The fourth-order valence-electron chi connectivity index (χ4n) is 8.03. The minimum atomic E-state index is -0.634. The second-order valence-corrected chi connectivity index (χ2v) is 15.6. The van der Waals surface area contributed by atoms with Crippen molar-refractivity contribution in [2.24, 2.45) is 11.8 Å². The molecule has 4 N–H and O–H groups in total. The number of carbonyl (C=O) groups excluding carboxylic acids is 2. The molecule has 1 saturated heterocycles. The highest BCUT2D eigenvalue weighted by atomic mass is 19.1. The number of aliphatic hydroxyl groups is 1. The minimum absolute atomic E-state index is 0.0423. The predicted molar refractivity (Wildman–Crippen MR) is 211 cm³/mol. The molecule has 3 fully saturated rings. The van der Waals surface area contributed by atoms with Gasteiger partial charge in [-0.1, -0.05) is 36.8 Å². The number of nitrogens with two attached hydrogens (primary N) is 1. The summed E-state index contributed by atoms with van der Waals surface area (Å²) >= 11 is 0. The van der Waals surface area contributed by atoms with Gasteiger partial charge in [0.2, 0.25) is 11.3 Å². The summed E-state index contributed by atoms with van der Waals surface area (Å²) in [5.41, 5.74) is 11.2. The van der Waals surface area contributed by atoms with Gasteiger partial charge >= 0.3 is 0 Å². The number of benzene rings is 2. The topological polar surface area (TPSA) is 143 Å². The number of aromatic nitrogens is 3. The molecule has 0 unspecified atom stereocenters. The Hall–Kier alpha value is -5.68. The lowest BCUT2D eigenvalue weighted by Crippen LogP contribution is -2.43. The molecule has 2 aromatic carbocycles. The first-order chi connectivity index (χ1) is 26.6. The van der Waals surface area contributed by atoms with E-state index in [1.165, 1.54) is 12.5 Å². The van der Waals surface area contributed by atoms with Crippen molar-refractivity contribution < 1.29 is 19.1 Å². The van der Waals surface area contributed by atoms with E-state index in [4.69, 9.17) is 5.73 Å². The van der Waals surface area contributed by atoms with Gasteiger partial charge in [-0.25, -0.2) is 9.37 Å². The normalized spacial score (nSPS) is 19.6. The van der Waals surface area contributed by atoms with E-state index in [0.29, 0.717) is 48.2 Å². The number of nitrogens with zero attached hydrogens (tertiary/aromatic N) is 4. The number of anilines is 2. The number of aliphatic hydroxyl groups excluding tert-OH is 1. The lowest BCUT2D eigenvalue weighted by atomic mass is 9.82. The average molecular weight is 741 g/mol.